The van der Waals surface area contributed by atoms with Gasteiger partial charge in [-0.15, -0.1) is 0 Å². The van der Waals surface area contributed by atoms with Crippen molar-refractivity contribution in [1.29, 1.82) is 0 Å². The topological polar surface area (TPSA) is 114 Å². The van der Waals surface area contributed by atoms with Crippen molar-refractivity contribution >= 4 is 18.0 Å². The van der Waals surface area contributed by atoms with Crippen LogP contribution in [0, 0.1) is 6.92 Å². The van der Waals surface area contributed by atoms with E-state index in [1.807, 2.05) is 38.1 Å². The van der Waals surface area contributed by atoms with Crippen molar-refractivity contribution < 1.29 is 29.0 Å². The predicted octanol–water partition coefficient (Wildman–Crippen LogP) is 2.21. The molecule has 2 atom stereocenters. The first-order chi connectivity index (χ1) is 13.5. The van der Waals surface area contributed by atoms with E-state index in [4.69, 9.17) is 9.47 Å². The molecule has 0 aliphatic heterocycles. The molecule has 0 fully saturated rings. The van der Waals surface area contributed by atoms with Crippen LogP contribution in [0.3, 0.4) is 0 Å². The third kappa shape index (κ3) is 9.94. The number of nitrogens with one attached hydrogen (secondary N) is 2. The number of hydrogen-bond acceptors (Lipinski definition) is 6. The third-order valence-electron chi connectivity index (χ3n) is 3.88. The number of hydrogen-bond donors (Lipinski definition) is 3. The zero-order valence-corrected chi connectivity index (χ0v) is 17.8. The Bertz CT molecular complexity index is 681. The Kier molecular flexibility index (Phi) is 9.61. The molecule has 162 valence electrons. The molecule has 0 aliphatic rings. The van der Waals surface area contributed by atoms with Gasteiger partial charge < -0.3 is 25.2 Å². The highest BCUT2D eigenvalue weighted by molar-refractivity contribution is 5.85. The summed E-state index contributed by atoms with van der Waals surface area (Å²) in [4.78, 5) is 35.9. The second-order valence-corrected chi connectivity index (χ2v) is 7.85. The standard InChI is InChI=1S/C21H32N2O6/c1-6-7-16(23-20(27)29-21(3,4)5)18(25)19(26)22-12-17(24)28-13-15-10-8-14(2)9-11-15/h8-11,16,18,25H,6-7,12-13H2,1-5H3,(H,22,26)(H,23,27). The fraction of sp³-hybridized carbons (Fsp3) is 0.571. The summed E-state index contributed by atoms with van der Waals surface area (Å²) in [7, 11) is 0. The molecule has 2 amide bonds. The minimum Gasteiger partial charge on any atom is -0.460 e. The Balaban J connectivity index is 2.48. The highest BCUT2D eigenvalue weighted by atomic mass is 16.6. The number of aliphatic hydroxyl groups is 1. The van der Waals surface area contributed by atoms with Crippen molar-refractivity contribution in [3.05, 3.63) is 35.4 Å². The van der Waals surface area contributed by atoms with Gasteiger partial charge in [-0.2, -0.15) is 0 Å². The van der Waals surface area contributed by atoms with Gasteiger partial charge in [0.05, 0.1) is 6.04 Å². The van der Waals surface area contributed by atoms with Gasteiger partial charge in [-0.25, -0.2) is 4.79 Å². The van der Waals surface area contributed by atoms with Gasteiger partial charge in [0.15, 0.2) is 6.10 Å². The van der Waals surface area contributed by atoms with Crippen LogP contribution in [0.1, 0.15) is 51.7 Å². The maximum absolute atomic E-state index is 12.2. The van der Waals surface area contributed by atoms with Crippen molar-refractivity contribution in [2.45, 2.75) is 71.8 Å². The summed E-state index contributed by atoms with van der Waals surface area (Å²) in [5.74, 6) is -1.40. The van der Waals surface area contributed by atoms with Gasteiger partial charge in [-0.1, -0.05) is 43.2 Å². The highest BCUT2D eigenvalue weighted by Crippen LogP contribution is 2.09. The molecule has 1 aromatic rings. The Morgan fingerprint density at radius 2 is 1.76 bits per heavy atom. The lowest BCUT2D eigenvalue weighted by atomic mass is 10.1. The second kappa shape index (κ2) is 11.4. The fourth-order valence-corrected chi connectivity index (χ4v) is 2.42. The summed E-state index contributed by atoms with van der Waals surface area (Å²) in [6.07, 6.45) is -1.25. The van der Waals surface area contributed by atoms with Crippen LogP contribution in [-0.4, -0.2) is 47.4 Å². The largest absolute Gasteiger partial charge is 0.460 e. The number of rotatable bonds is 9. The number of carbonyl (C=O) groups excluding carboxylic acids is 3. The number of benzene rings is 1. The third-order valence-corrected chi connectivity index (χ3v) is 3.88. The van der Waals surface area contributed by atoms with Crippen LogP contribution >= 0.6 is 0 Å². The second-order valence-electron chi connectivity index (χ2n) is 7.85. The summed E-state index contributed by atoms with van der Waals surface area (Å²) < 4.78 is 10.3. The van der Waals surface area contributed by atoms with Gasteiger partial charge in [0.1, 0.15) is 18.8 Å². The molecular formula is C21H32N2O6. The van der Waals surface area contributed by atoms with Crippen LogP contribution in [0.15, 0.2) is 24.3 Å². The number of aliphatic hydroxyl groups excluding tert-OH is 1. The van der Waals surface area contributed by atoms with Crippen molar-refractivity contribution in [2.75, 3.05) is 6.54 Å². The van der Waals surface area contributed by atoms with E-state index >= 15 is 0 Å². The molecule has 3 N–H and O–H groups in total. The molecule has 1 aromatic carbocycles. The monoisotopic (exact) mass is 408 g/mol. The SMILES string of the molecule is CCCC(NC(=O)OC(C)(C)C)C(O)C(=O)NCC(=O)OCc1ccc(C)cc1. The van der Waals surface area contributed by atoms with Gasteiger partial charge >= 0.3 is 12.1 Å². The summed E-state index contributed by atoms with van der Waals surface area (Å²) in [6, 6.07) is 6.68. The van der Waals surface area contributed by atoms with E-state index in [2.05, 4.69) is 10.6 Å². The van der Waals surface area contributed by atoms with Crippen molar-refractivity contribution in [1.82, 2.24) is 10.6 Å². The molecule has 0 saturated carbocycles. The fourth-order valence-electron chi connectivity index (χ4n) is 2.42. The highest BCUT2D eigenvalue weighted by Gasteiger charge is 2.29. The van der Waals surface area contributed by atoms with E-state index in [-0.39, 0.29) is 13.2 Å². The Morgan fingerprint density at radius 3 is 2.31 bits per heavy atom. The molecule has 8 nitrogen and oxygen atoms in total. The van der Waals surface area contributed by atoms with Crippen LogP contribution in [0.25, 0.3) is 0 Å². The van der Waals surface area contributed by atoms with E-state index in [1.54, 1.807) is 20.8 Å². The number of ether oxygens (including phenoxy) is 2. The number of esters is 1. The number of carbonyl (C=O) groups is 3. The molecule has 29 heavy (non-hydrogen) atoms. The van der Waals surface area contributed by atoms with Crippen LogP contribution in [-0.2, 0) is 25.7 Å². The molecule has 0 aliphatic carbocycles. The van der Waals surface area contributed by atoms with E-state index in [1.165, 1.54) is 0 Å². The molecule has 0 bridgehead atoms. The van der Waals surface area contributed by atoms with Crippen LogP contribution in [0.2, 0.25) is 0 Å². The number of amides is 2. The summed E-state index contributed by atoms with van der Waals surface area (Å²) >= 11 is 0. The van der Waals surface area contributed by atoms with Gasteiger partial charge in [0.2, 0.25) is 0 Å². The van der Waals surface area contributed by atoms with Crippen molar-refractivity contribution in [3.8, 4) is 0 Å². The lowest BCUT2D eigenvalue weighted by Gasteiger charge is -2.26. The quantitative estimate of drug-likeness (QED) is 0.540. The van der Waals surface area contributed by atoms with E-state index in [0.29, 0.717) is 12.8 Å². The van der Waals surface area contributed by atoms with Gasteiger partial charge in [0, 0.05) is 0 Å². The number of aryl methyl sites for hydroxylation is 1. The number of alkyl carbamates (subject to hydrolysis) is 1. The molecule has 0 saturated heterocycles. The summed E-state index contributed by atoms with van der Waals surface area (Å²) in [6.45, 7) is 8.67. The van der Waals surface area contributed by atoms with Crippen LogP contribution in [0.4, 0.5) is 4.79 Å². The molecule has 1 rings (SSSR count). The normalized spacial score (nSPS) is 13.2. The lowest BCUT2D eigenvalue weighted by molar-refractivity contribution is -0.146. The first kappa shape index (κ1) is 24.4. The van der Waals surface area contributed by atoms with Crippen LogP contribution in [0.5, 0.6) is 0 Å². The Labute approximate surface area is 172 Å². The summed E-state index contributed by atoms with van der Waals surface area (Å²) in [5.41, 5.74) is 1.23. The average Bonchev–Trinajstić information content (AvgIpc) is 2.63. The molecule has 0 aromatic heterocycles. The zero-order valence-electron chi connectivity index (χ0n) is 17.8. The van der Waals surface area contributed by atoms with Gasteiger partial charge in [-0.05, 0) is 39.7 Å². The Morgan fingerprint density at radius 1 is 1.14 bits per heavy atom. The minimum atomic E-state index is -1.52. The maximum Gasteiger partial charge on any atom is 0.407 e. The molecule has 8 heteroatoms. The Hall–Kier alpha value is -2.61. The minimum absolute atomic E-state index is 0.0934. The smallest absolute Gasteiger partial charge is 0.407 e. The molecular weight excluding hydrogens is 376 g/mol. The van der Waals surface area contributed by atoms with Gasteiger partial charge in [-0.3, -0.25) is 9.59 Å². The molecule has 2 unspecified atom stereocenters. The zero-order chi connectivity index (χ0) is 22.0. The average molecular weight is 408 g/mol. The van der Waals surface area contributed by atoms with E-state index < -0.39 is 35.7 Å². The molecule has 0 heterocycles. The van der Waals surface area contributed by atoms with Gasteiger partial charge in [0.25, 0.3) is 5.91 Å². The van der Waals surface area contributed by atoms with E-state index in [0.717, 1.165) is 11.1 Å². The summed E-state index contributed by atoms with van der Waals surface area (Å²) in [5, 5.41) is 15.1. The molecule has 0 radical (unpaired) electrons. The lowest BCUT2D eigenvalue weighted by Crippen LogP contribution is -2.52. The van der Waals surface area contributed by atoms with Crippen LogP contribution < -0.4 is 10.6 Å². The first-order valence-electron chi connectivity index (χ1n) is 9.68. The van der Waals surface area contributed by atoms with Crippen molar-refractivity contribution in [3.63, 3.8) is 0 Å². The predicted molar refractivity (Wildman–Crippen MR) is 108 cm³/mol. The maximum atomic E-state index is 12.2. The van der Waals surface area contributed by atoms with Crippen molar-refractivity contribution in [2.24, 2.45) is 0 Å². The van der Waals surface area contributed by atoms with E-state index in [9.17, 15) is 19.5 Å². The molecule has 0 spiro atoms. The first-order valence-corrected chi connectivity index (χ1v) is 9.68.